The first-order valence-corrected chi connectivity index (χ1v) is 9.90. The molecule has 1 aromatic rings. The minimum atomic E-state index is 0.456. The maximum atomic E-state index is 4.81. The highest BCUT2D eigenvalue weighted by Gasteiger charge is 2.31. The number of aliphatic imine (C=N–C) groups is 1. The lowest BCUT2D eigenvalue weighted by molar-refractivity contribution is 0.265. The van der Waals surface area contributed by atoms with Gasteiger partial charge in [0, 0.05) is 38.3 Å². The third-order valence-electron chi connectivity index (χ3n) is 4.98. The summed E-state index contributed by atoms with van der Waals surface area (Å²) in [4.78, 5) is 9.53. The van der Waals surface area contributed by atoms with Crippen LogP contribution in [0.5, 0.6) is 0 Å². The Labute approximate surface area is 159 Å². The Morgan fingerprint density at radius 3 is 2.38 bits per heavy atom. The standard InChI is InChI=1S/C21H37N5/c1-7-22-21(24-20-15-26(16(2)3)13-17(20)4)23-12-18-8-10-19(11-9-18)14-25(5)6/h8-11,16-17,20H,7,12-15H2,1-6H3,(H2,22,23,24). The van der Waals surface area contributed by atoms with Crippen LogP contribution in [0.2, 0.25) is 0 Å². The van der Waals surface area contributed by atoms with E-state index in [9.17, 15) is 0 Å². The number of benzene rings is 1. The molecule has 0 aromatic heterocycles. The van der Waals surface area contributed by atoms with Gasteiger partial charge in [-0.1, -0.05) is 31.2 Å². The molecule has 5 nitrogen and oxygen atoms in total. The quantitative estimate of drug-likeness (QED) is 0.580. The summed E-state index contributed by atoms with van der Waals surface area (Å²) in [6, 6.07) is 9.83. The van der Waals surface area contributed by atoms with Gasteiger partial charge in [0.25, 0.3) is 0 Å². The Kier molecular flexibility index (Phi) is 7.91. The summed E-state index contributed by atoms with van der Waals surface area (Å²) in [7, 11) is 4.19. The molecular weight excluding hydrogens is 322 g/mol. The van der Waals surface area contributed by atoms with Crippen LogP contribution in [0.4, 0.5) is 0 Å². The topological polar surface area (TPSA) is 42.9 Å². The van der Waals surface area contributed by atoms with Crippen molar-refractivity contribution in [3.63, 3.8) is 0 Å². The summed E-state index contributed by atoms with van der Waals surface area (Å²) in [5, 5.41) is 7.05. The predicted octanol–water partition coefficient (Wildman–Crippen LogP) is 2.53. The van der Waals surface area contributed by atoms with Gasteiger partial charge in [-0.15, -0.1) is 0 Å². The first-order valence-electron chi connectivity index (χ1n) is 9.90. The van der Waals surface area contributed by atoms with Gasteiger partial charge >= 0.3 is 0 Å². The minimum Gasteiger partial charge on any atom is -0.357 e. The normalized spacial score (nSPS) is 21.6. The van der Waals surface area contributed by atoms with Gasteiger partial charge < -0.3 is 15.5 Å². The molecule has 1 aromatic carbocycles. The third-order valence-corrected chi connectivity index (χ3v) is 4.98. The molecule has 1 heterocycles. The second kappa shape index (κ2) is 9.93. The molecule has 0 aliphatic carbocycles. The van der Waals surface area contributed by atoms with E-state index >= 15 is 0 Å². The number of likely N-dealkylation sites (tertiary alicyclic amines) is 1. The van der Waals surface area contributed by atoms with E-state index in [0.29, 0.717) is 24.5 Å². The average molecular weight is 360 g/mol. The van der Waals surface area contributed by atoms with Gasteiger partial charge in [0.2, 0.25) is 0 Å². The number of hydrogen-bond donors (Lipinski definition) is 2. The van der Waals surface area contributed by atoms with Crippen molar-refractivity contribution in [3.05, 3.63) is 35.4 Å². The Morgan fingerprint density at radius 1 is 1.19 bits per heavy atom. The molecule has 2 unspecified atom stereocenters. The number of nitrogens with one attached hydrogen (secondary N) is 2. The van der Waals surface area contributed by atoms with E-state index in [1.165, 1.54) is 11.1 Å². The second-order valence-corrected chi connectivity index (χ2v) is 8.03. The molecule has 1 fully saturated rings. The molecule has 2 atom stereocenters. The van der Waals surface area contributed by atoms with E-state index in [1.807, 2.05) is 0 Å². The highest BCUT2D eigenvalue weighted by Crippen LogP contribution is 2.18. The van der Waals surface area contributed by atoms with Crippen molar-refractivity contribution in [2.75, 3.05) is 33.7 Å². The Morgan fingerprint density at radius 2 is 1.85 bits per heavy atom. The molecular formula is C21H37N5. The summed E-state index contributed by atoms with van der Waals surface area (Å²) in [5.41, 5.74) is 2.58. The molecule has 2 N–H and O–H groups in total. The van der Waals surface area contributed by atoms with Gasteiger partial charge in [-0.25, -0.2) is 4.99 Å². The lowest BCUT2D eigenvalue weighted by Gasteiger charge is -2.22. The highest BCUT2D eigenvalue weighted by atomic mass is 15.3. The molecule has 0 amide bonds. The van der Waals surface area contributed by atoms with Gasteiger partial charge in [-0.2, -0.15) is 0 Å². The molecule has 0 saturated carbocycles. The highest BCUT2D eigenvalue weighted by molar-refractivity contribution is 5.80. The monoisotopic (exact) mass is 359 g/mol. The van der Waals surface area contributed by atoms with E-state index in [-0.39, 0.29) is 0 Å². The van der Waals surface area contributed by atoms with Gasteiger partial charge in [0.15, 0.2) is 5.96 Å². The van der Waals surface area contributed by atoms with Gasteiger partial charge in [0.1, 0.15) is 0 Å². The van der Waals surface area contributed by atoms with Crippen molar-refractivity contribution in [1.29, 1.82) is 0 Å². The lowest BCUT2D eigenvalue weighted by Crippen LogP contribution is -2.46. The largest absolute Gasteiger partial charge is 0.357 e. The predicted molar refractivity (Wildman–Crippen MR) is 111 cm³/mol. The van der Waals surface area contributed by atoms with Crippen LogP contribution in [0.15, 0.2) is 29.3 Å². The molecule has 1 aliphatic rings. The fraction of sp³-hybridized carbons (Fsp3) is 0.667. The Hall–Kier alpha value is -1.59. The minimum absolute atomic E-state index is 0.456. The zero-order chi connectivity index (χ0) is 19.1. The van der Waals surface area contributed by atoms with Crippen LogP contribution in [-0.2, 0) is 13.1 Å². The summed E-state index contributed by atoms with van der Waals surface area (Å²) in [6.45, 7) is 13.8. The third kappa shape index (κ3) is 6.29. The maximum absolute atomic E-state index is 4.81. The molecule has 1 aliphatic heterocycles. The number of rotatable bonds is 7. The van der Waals surface area contributed by atoms with E-state index in [1.54, 1.807) is 0 Å². The summed E-state index contributed by atoms with van der Waals surface area (Å²) >= 11 is 0. The smallest absolute Gasteiger partial charge is 0.191 e. The first-order chi connectivity index (χ1) is 12.4. The Bertz CT molecular complexity index is 564. The second-order valence-electron chi connectivity index (χ2n) is 8.03. The van der Waals surface area contributed by atoms with Crippen LogP contribution in [0.1, 0.15) is 38.8 Å². The average Bonchev–Trinajstić information content (AvgIpc) is 2.95. The zero-order valence-corrected chi connectivity index (χ0v) is 17.4. The summed E-state index contributed by atoms with van der Waals surface area (Å²) < 4.78 is 0. The van der Waals surface area contributed by atoms with E-state index in [4.69, 9.17) is 4.99 Å². The van der Waals surface area contributed by atoms with E-state index in [0.717, 1.165) is 32.1 Å². The number of nitrogens with zero attached hydrogens (tertiary/aromatic N) is 3. The first kappa shape index (κ1) is 20.7. The van der Waals surface area contributed by atoms with Crippen LogP contribution in [0.3, 0.4) is 0 Å². The summed E-state index contributed by atoms with van der Waals surface area (Å²) in [5.74, 6) is 1.55. The molecule has 1 saturated heterocycles. The van der Waals surface area contributed by atoms with E-state index in [2.05, 4.69) is 86.5 Å². The van der Waals surface area contributed by atoms with Gasteiger partial charge in [0.05, 0.1) is 6.54 Å². The van der Waals surface area contributed by atoms with Crippen molar-refractivity contribution in [1.82, 2.24) is 20.4 Å². The van der Waals surface area contributed by atoms with Crippen molar-refractivity contribution in [2.24, 2.45) is 10.9 Å². The molecule has 146 valence electrons. The van der Waals surface area contributed by atoms with Crippen LogP contribution >= 0.6 is 0 Å². The zero-order valence-electron chi connectivity index (χ0n) is 17.4. The van der Waals surface area contributed by atoms with Crippen molar-refractivity contribution < 1.29 is 0 Å². The Balaban J connectivity index is 1.96. The molecule has 26 heavy (non-hydrogen) atoms. The van der Waals surface area contributed by atoms with Gasteiger partial charge in [-0.3, -0.25) is 4.90 Å². The van der Waals surface area contributed by atoms with Crippen molar-refractivity contribution in [3.8, 4) is 0 Å². The number of guanidine groups is 1. The lowest BCUT2D eigenvalue weighted by atomic mass is 10.1. The molecule has 0 spiro atoms. The molecule has 0 bridgehead atoms. The number of hydrogen-bond acceptors (Lipinski definition) is 3. The van der Waals surface area contributed by atoms with Crippen LogP contribution in [0, 0.1) is 5.92 Å². The van der Waals surface area contributed by atoms with Crippen molar-refractivity contribution in [2.45, 2.75) is 52.9 Å². The van der Waals surface area contributed by atoms with Crippen molar-refractivity contribution >= 4 is 5.96 Å². The van der Waals surface area contributed by atoms with Gasteiger partial charge in [-0.05, 0) is 51.9 Å². The maximum Gasteiger partial charge on any atom is 0.191 e. The fourth-order valence-corrected chi connectivity index (χ4v) is 3.40. The molecule has 5 heteroatoms. The molecule has 0 radical (unpaired) electrons. The van der Waals surface area contributed by atoms with Crippen LogP contribution < -0.4 is 10.6 Å². The fourth-order valence-electron chi connectivity index (χ4n) is 3.40. The SMILES string of the molecule is CCNC(=NCc1ccc(CN(C)C)cc1)NC1CN(C(C)C)CC1C. The van der Waals surface area contributed by atoms with Crippen LogP contribution in [-0.4, -0.2) is 61.6 Å². The summed E-state index contributed by atoms with van der Waals surface area (Å²) in [6.07, 6.45) is 0. The van der Waals surface area contributed by atoms with E-state index < -0.39 is 0 Å². The van der Waals surface area contributed by atoms with Crippen LogP contribution in [0.25, 0.3) is 0 Å². The molecule has 2 rings (SSSR count).